The van der Waals surface area contributed by atoms with Crippen LogP contribution in [0.25, 0.3) is 0 Å². The fourth-order valence-electron chi connectivity index (χ4n) is 1.29. The molecule has 5 heteroatoms. The lowest BCUT2D eigenvalue weighted by molar-refractivity contribution is -0.116. The summed E-state index contributed by atoms with van der Waals surface area (Å²) < 4.78 is 2.71. The first kappa shape index (κ1) is 9.95. The fourth-order valence-corrected chi connectivity index (χ4v) is 1.69. The summed E-state index contributed by atoms with van der Waals surface area (Å²) in [7, 11) is 1.86. The summed E-state index contributed by atoms with van der Waals surface area (Å²) in [6.07, 6.45) is 4.76. The first-order valence-corrected chi connectivity index (χ1v) is 5.72. The molecule has 0 spiro atoms. The van der Waals surface area contributed by atoms with E-state index < -0.39 is 0 Å². The van der Waals surface area contributed by atoms with Crippen LogP contribution in [-0.4, -0.2) is 15.7 Å². The Morgan fingerprint density at radius 3 is 3.00 bits per heavy atom. The Morgan fingerprint density at radius 1 is 1.79 bits per heavy atom. The highest BCUT2D eigenvalue weighted by atomic mass is 127. The van der Waals surface area contributed by atoms with Gasteiger partial charge in [-0.15, -0.1) is 0 Å². The van der Waals surface area contributed by atoms with Crippen molar-refractivity contribution >= 4 is 34.2 Å². The Labute approximate surface area is 96.2 Å². The maximum absolute atomic E-state index is 11.5. The van der Waals surface area contributed by atoms with Gasteiger partial charge in [0.25, 0.3) is 0 Å². The molecule has 2 rings (SSSR count). The lowest BCUT2D eigenvalue weighted by atomic mass is 10.3. The van der Waals surface area contributed by atoms with Crippen molar-refractivity contribution in [3.8, 4) is 0 Å². The highest BCUT2D eigenvalue weighted by Crippen LogP contribution is 2.32. The molecule has 1 aliphatic carbocycles. The molecule has 0 unspecified atom stereocenters. The maximum atomic E-state index is 11.5. The monoisotopic (exact) mass is 305 g/mol. The number of carbonyl (C=O) groups is 1. The Balaban J connectivity index is 1.95. The molecule has 1 aromatic heterocycles. The van der Waals surface area contributed by atoms with Crippen molar-refractivity contribution in [2.75, 3.05) is 5.32 Å². The predicted octanol–water partition coefficient (Wildman–Crippen LogP) is 1.76. The number of aryl methyl sites for hydroxylation is 1. The minimum atomic E-state index is 0.110. The summed E-state index contributed by atoms with van der Waals surface area (Å²) in [5, 5.41) is 6.93. The van der Waals surface area contributed by atoms with Crippen molar-refractivity contribution in [3.63, 3.8) is 0 Å². The molecule has 76 valence electrons. The van der Waals surface area contributed by atoms with Gasteiger partial charge in [0.15, 0.2) is 0 Å². The van der Waals surface area contributed by atoms with Crippen LogP contribution in [0.5, 0.6) is 0 Å². The van der Waals surface area contributed by atoms with Gasteiger partial charge in [-0.1, -0.05) is 0 Å². The highest BCUT2D eigenvalue weighted by Gasteiger charge is 2.24. The van der Waals surface area contributed by atoms with Gasteiger partial charge in [0.05, 0.1) is 11.9 Å². The predicted molar refractivity (Wildman–Crippen MR) is 61.9 cm³/mol. The van der Waals surface area contributed by atoms with Gasteiger partial charge in [0, 0.05) is 13.5 Å². The molecule has 0 aliphatic heterocycles. The van der Waals surface area contributed by atoms with E-state index in [4.69, 9.17) is 0 Å². The Hall–Kier alpha value is -0.590. The van der Waals surface area contributed by atoms with E-state index >= 15 is 0 Å². The molecule has 0 radical (unpaired) electrons. The average Bonchev–Trinajstić information content (AvgIpc) is 2.89. The minimum absolute atomic E-state index is 0.110. The van der Waals surface area contributed by atoms with Crippen LogP contribution in [0, 0.1) is 9.62 Å². The standard InChI is InChI=1S/C9H12IN3O/c1-13-9(10)7(5-11-13)12-8(14)4-6-2-3-6/h5-6H,2-4H2,1H3,(H,12,14). The van der Waals surface area contributed by atoms with Gasteiger partial charge in [-0.05, 0) is 41.4 Å². The summed E-state index contributed by atoms with van der Waals surface area (Å²) in [4.78, 5) is 11.5. The second kappa shape index (κ2) is 3.88. The van der Waals surface area contributed by atoms with Crippen LogP contribution in [0.2, 0.25) is 0 Å². The van der Waals surface area contributed by atoms with Gasteiger partial charge < -0.3 is 5.32 Å². The van der Waals surface area contributed by atoms with E-state index in [1.165, 1.54) is 12.8 Å². The van der Waals surface area contributed by atoms with Gasteiger partial charge in [0.2, 0.25) is 5.91 Å². The summed E-state index contributed by atoms with van der Waals surface area (Å²) in [6.45, 7) is 0. The van der Waals surface area contributed by atoms with E-state index in [0.717, 1.165) is 9.39 Å². The lowest BCUT2D eigenvalue weighted by Crippen LogP contribution is -2.12. The zero-order valence-electron chi connectivity index (χ0n) is 7.96. The van der Waals surface area contributed by atoms with Crippen molar-refractivity contribution in [2.45, 2.75) is 19.3 Å². The average molecular weight is 305 g/mol. The van der Waals surface area contributed by atoms with E-state index in [1.54, 1.807) is 10.9 Å². The number of hydrogen-bond acceptors (Lipinski definition) is 2. The largest absolute Gasteiger partial charge is 0.323 e. The molecule has 1 aliphatic rings. The van der Waals surface area contributed by atoms with Crippen molar-refractivity contribution in [2.24, 2.45) is 13.0 Å². The van der Waals surface area contributed by atoms with Crippen LogP contribution in [0.1, 0.15) is 19.3 Å². The van der Waals surface area contributed by atoms with Crippen LogP contribution >= 0.6 is 22.6 Å². The SMILES string of the molecule is Cn1ncc(NC(=O)CC2CC2)c1I. The first-order chi connectivity index (χ1) is 6.66. The summed E-state index contributed by atoms with van der Waals surface area (Å²) in [5.41, 5.74) is 0.818. The second-order valence-corrected chi connectivity index (χ2v) is 4.69. The van der Waals surface area contributed by atoms with E-state index in [-0.39, 0.29) is 5.91 Å². The molecule has 0 bridgehead atoms. The Kier molecular flexibility index (Phi) is 2.76. The van der Waals surface area contributed by atoms with E-state index in [9.17, 15) is 4.79 Å². The molecule has 1 N–H and O–H groups in total. The third-order valence-corrected chi connectivity index (χ3v) is 3.59. The third-order valence-electron chi connectivity index (χ3n) is 2.31. The second-order valence-electron chi connectivity index (χ2n) is 3.67. The van der Waals surface area contributed by atoms with Gasteiger partial charge >= 0.3 is 0 Å². The number of nitrogens with zero attached hydrogens (tertiary/aromatic N) is 2. The highest BCUT2D eigenvalue weighted by molar-refractivity contribution is 14.1. The zero-order valence-corrected chi connectivity index (χ0v) is 10.1. The lowest BCUT2D eigenvalue weighted by Gasteiger charge is -2.02. The van der Waals surface area contributed by atoms with Crippen molar-refractivity contribution in [1.82, 2.24) is 9.78 Å². The number of anilines is 1. The number of aromatic nitrogens is 2. The molecule has 1 aromatic rings. The molecule has 14 heavy (non-hydrogen) atoms. The van der Waals surface area contributed by atoms with Crippen molar-refractivity contribution in [3.05, 3.63) is 9.90 Å². The number of halogens is 1. The Bertz CT molecular complexity index is 357. The van der Waals surface area contributed by atoms with Crippen LogP contribution in [-0.2, 0) is 11.8 Å². The van der Waals surface area contributed by atoms with Crippen LogP contribution < -0.4 is 5.32 Å². The maximum Gasteiger partial charge on any atom is 0.224 e. The molecule has 1 fully saturated rings. The molecule has 1 amide bonds. The summed E-state index contributed by atoms with van der Waals surface area (Å²) in [6, 6.07) is 0. The third kappa shape index (κ3) is 2.26. The molecule has 0 atom stereocenters. The van der Waals surface area contributed by atoms with Crippen molar-refractivity contribution in [1.29, 1.82) is 0 Å². The van der Waals surface area contributed by atoms with Crippen LogP contribution in [0.15, 0.2) is 6.20 Å². The molecule has 0 aromatic carbocycles. The molecular formula is C9H12IN3O. The molecular weight excluding hydrogens is 293 g/mol. The van der Waals surface area contributed by atoms with Crippen molar-refractivity contribution < 1.29 is 4.79 Å². The van der Waals surface area contributed by atoms with Crippen LogP contribution in [0.3, 0.4) is 0 Å². The zero-order chi connectivity index (χ0) is 10.1. The minimum Gasteiger partial charge on any atom is -0.323 e. The molecule has 0 saturated heterocycles. The normalized spacial score (nSPS) is 15.6. The van der Waals surface area contributed by atoms with E-state index in [0.29, 0.717) is 12.3 Å². The number of hydrogen-bond donors (Lipinski definition) is 1. The number of carbonyl (C=O) groups excluding carboxylic acids is 1. The summed E-state index contributed by atoms with van der Waals surface area (Å²) in [5.74, 6) is 0.739. The smallest absolute Gasteiger partial charge is 0.224 e. The van der Waals surface area contributed by atoms with E-state index in [2.05, 4.69) is 33.0 Å². The number of amides is 1. The topological polar surface area (TPSA) is 46.9 Å². The number of nitrogens with one attached hydrogen (secondary N) is 1. The first-order valence-electron chi connectivity index (χ1n) is 4.64. The molecule has 1 heterocycles. The van der Waals surface area contributed by atoms with Crippen LogP contribution in [0.4, 0.5) is 5.69 Å². The van der Waals surface area contributed by atoms with Gasteiger partial charge in [-0.2, -0.15) is 5.10 Å². The number of rotatable bonds is 3. The Morgan fingerprint density at radius 2 is 2.50 bits per heavy atom. The molecule has 1 saturated carbocycles. The summed E-state index contributed by atoms with van der Waals surface area (Å²) >= 11 is 2.17. The van der Waals surface area contributed by atoms with Gasteiger partial charge in [-0.25, -0.2) is 0 Å². The van der Waals surface area contributed by atoms with Gasteiger partial charge in [-0.3, -0.25) is 9.48 Å². The van der Waals surface area contributed by atoms with E-state index in [1.807, 2.05) is 7.05 Å². The molecule has 4 nitrogen and oxygen atoms in total. The quantitative estimate of drug-likeness (QED) is 0.865. The van der Waals surface area contributed by atoms with Gasteiger partial charge in [0.1, 0.15) is 3.70 Å². The fraction of sp³-hybridized carbons (Fsp3) is 0.556.